The van der Waals surface area contributed by atoms with E-state index < -0.39 is 0 Å². The van der Waals surface area contributed by atoms with E-state index >= 15 is 0 Å². The summed E-state index contributed by atoms with van der Waals surface area (Å²) in [5.41, 5.74) is 7.74. The molecule has 0 bridgehead atoms. The average Bonchev–Trinajstić information content (AvgIpc) is 2.89. The highest BCUT2D eigenvalue weighted by Gasteiger charge is 2.21. The van der Waals surface area contributed by atoms with Gasteiger partial charge in [0.2, 0.25) is 5.91 Å². The second kappa shape index (κ2) is 6.91. The third-order valence-electron chi connectivity index (χ3n) is 3.42. The molecule has 2 rings (SSSR count). The number of amides is 2. The fourth-order valence-corrected chi connectivity index (χ4v) is 2.19. The van der Waals surface area contributed by atoms with Gasteiger partial charge >= 0.3 is 0 Å². The van der Waals surface area contributed by atoms with E-state index in [-0.39, 0.29) is 24.4 Å². The van der Waals surface area contributed by atoms with Gasteiger partial charge in [0.05, 0.1) is 6.54 Å². The molecule has 110 valence electrons. The van der Waals surface area contributed by atoms with E-state index in [0.717, 1.165) is 17.5 Å². The van der Waals surface area contributed by atoms with Crippen molar-refractivity contribution in [1.82, 2.24) is 10.6 Å². The van der Waals surface area contributed by atoms with Gasteiger partial charge < -0.3 is 16.4 Å². The Labute approximate surface area is 124 Å². The number of hydrogen-bond donors (Lipinski definition) is 3. The molecule has 1 heterocycles. The summed E-state index contributed by atoms with van der Waals surface area (Å²) < 4.78 is 0. The van der Waals surface area contributed by atoms with Crippen molar-refractivity contribution in [2.45, 2.75) is 25.8 Å². The van der Waals surface area contributed by atoms with Gasteiger partial charge in [-0.05, 0) is 31.0 Å². The van der Waals surface area contributed by atoms with Crippen LogP contribution in [0.1, 0.15) is 34.3 Å². The monoisotopic (exact) mass is 285 g/mol. The zero-order valence-electron chi connectivity index (χ0n) is 12.0. The third-order valence-corrected chi connectivity index (χ3v) is 3.42. The van der Waals surface area contributed by atoms with Crippen LogP contribution in [0.4, 0.5) is 0 Å². The van der Waals surface area contributed by atoms with Crippen LogP contribution in [0.15, 0.2) is 18.2 Å². The SMILES string of the molecule is Cc1ccc(C(=O)NCC2CCC(=O)N2)cc1C#CCN. The number of nitrogens with two attached hydrogens (primary N) is 1. The van der Waals surface area contributed by atoms with Crippen LogP contribution in [-0.4, -0.2) is 30.9 Å². The molecule has 21 heavy (non-hydrogen) atoms. The highest BCUT2D eigenvalue weighted by molar-refractivity contribution is 5.94. The summed E-state index contributed by atoms with van der Waals surface area (Å²) in [6.07, 6.45) is 1.30. The highest BCUT2D eigenvalue weighted by Crippen LogP contribution is 2.11. The lowest BCUT2D eigenvalue weighted by Crippen LogP contribution is -2.38. The summed E-state index contributed by atoms with van der Waals surface area (Å²) in [5.74, 6) is 5.64. The number of rotatable bonds is 3. The maximum atomic E-state index is 12.1. The van der Waals surface area contributed by atoms with Gasteiger partial charge in [-0.25, -0.2) is 0 Å². The molecule has 0 radical (unpaired) electrons. The second-order valence-electron chi connectivity index (χ2n) is 5.05. The molecule has 1 aromatic rings. The lowest BCUT2D eigenvalue weighted by molar-refractivity contribution is -0.119. The Morgan fingerprint density at radius 2 is 2.33 bits per heavy atom. The van der Waals surface area contributed by atoms with Crippen LogP contribution < -0.4 is 16.4 Å². The first-order valence-electron chi connectivity index (χ1n) is 6.97. The summed E-state index contributed by atoms with van der Waals surface area (Å²) in [5, 5.41) is 5.66. The van der Waals surface area contributed by atoms with Gasteiger partial charge in [-0.1, -0.05) is 17.9 Å². The molecular formula is C16H19N3O2. The minimum atomic E-state index is -0.160. The molecule has 1 atom stereocenters. The first-order valence-corrected chi connectivity index (χ1v) is 6.97. The Kier molecular flexibility index (Phi) is 4.96. The maximum absolute atomic E-state index is 12.1. The van der Waals surface area contributed by atoms with Crippen molar-refractivity contribution >= 4 is 11.8 Å². The van der Waals surface area contributed by atoms with E-state index in [4.69, 9.17) is 5.73 Å². The van der Waals surface area contributed by atoms with Crippen molar-refractivity contribution in [2.24, 2.45) is 5.73 Å². The van der Waals surface area contributed by atoms with Crippen molar-refractivity contribution in [1.29, 1.82) is 0 Å². The zero-order valence-corrected chi connectivity index (χ0v) is 12.0. The normalized spacial score (nSPS) is 16.9. The molecule has 1 saturated heterocycles. The van der Waals surface area contributed by atoms with Crippen LogP contribution >= 0.6 is 0 Å². The molecule has 1 aromatic carbocycles. The van der Waals surface area contributed by atoms with Gasteiger partial charge in [-0.3, -0.25) is 9.59 Å². The lowest BCUT2D eigenvalue weighted by Gasteiger charge is -2.11. The van der Waals surface area contributed by atoms with Gasteiger partial charge in [0, 0.05) is 30.1 Å². The van der Waals surface area contributed by atoms with E-state index in [0.29, 0.717) is 18.5 Å². The molecule has 1 aliphatic rings. The molecule has 1 unspecified atom stereocenters. The number of benzene rings is 1. The van der Waals surface area contributed by atoms with Crippen LogP contribution in [0.25, 0.3) is 0 Å². The molecular weight excluding hydrogens is 266 g/mol. The predicted molar refractivity (Wildman–Crippen MR) is 80.6 cm³/mol. The maximum Gasteiger partial charge on any atom is 0.251 e. The molecule has 0 saturated carbocycles. The summed E-state index contributed by atoms with van der Waals surface area (Å²) >= 11 is 0. The van der Waals surface area contributed by atoms with E-state index in [9.17, 15) is 9.59 Å². The Bertz CT molecular complexity index is 614. The van der Waals surface area contributed by atoms with Crippen LogP contribution in [-0.2, 0) is 4.79 Å². The topological polar surface area (TPSA) is 84.2 Å². The van der Waals surface area contributed by atoms with Crippen molar-refractivity contribution in [3.05, 3.63) is 34.9 Å². The molecule has 0 aromatic heterocycles. The molecule has 4 N–H and O–H groups in total. The third kappa shape index (κ3) is 4.07. The first-order chi connectivity index (χ1) is 10.1. The predicted octanol–water partition coefficient (Wildman–Crippen LogP) is 0.314. The van der Waals surface area contributed by atoms with Crippen molar-refractivity contribution in [3.8, 4) is 11.8 Å². The van der Waals surface area contributed by atoms with Crippen LogP contribution in [0.2, 0.25) is 0 Å². The quantitative estimate of drug-likeness (QED) is 0.699. The van der Waals surface area contributed by atoms with Gasteiger partial charge in [-0.15, -0.1) is 0 Å². The van der Waals surface area contributed by atoms with E-state index in [1.54, 1.807) is 12.1 Å². The van der Waals surface area contributed by atoms with Crippen LogP contribution in [0, 0.1) is 18.8 Å². The molecule has 5 nitrogen and oxygen atoms in total. The summed E-state index contributed by atoms with van der Waals surface area (Å²) in [6.45, 7) is 2.68. The van der Waals surface area contributed by atoms with Gasteiger partial charge in [0.1, 0.15) is 0 Å². The van der Waals surface area contributed by atoms with Crippen molar-refractivity contribution < 1.29 is 9.59 Å². The number of aryl methyl sites for hydroxylation is 1. The fraction of sp³-hybridized carbons (Fsp3) is 0.375. The Morgan fingerprint density at radius 1 is 1.52 bits per heavy atom. The number of carbonyl (C=O) groups is 2. The number of carbonyl (C=O) groups excluding carboxylic acids is 2. The number of nitrogens with one attached hydrogen (secondary N) is 2. The Hall–Kier alpha value is -2.32. The largest absolute Gasteiger partial charge is 0.352 e. The summed E-state index contributed by atoms with van der Waals surface area (Å²) in [6, 6.07) is 5.43. The second-order valence-corrected chi connectivity index (χ2v) is 5.05. The minimum Gasteiger partial charge on any atom is -0.352 e. The zero-order chi connectivity index (χ0) is 15.2. The fourth-order valence-electron chi connectivity index (χ4n) is 2.19. The highest BCUT2D eigenvalue weighted by atomic mass is 16.2. The summed E-state index contributed by atoms with van der Waals surface area (Å²) in [4.78, 5) is 23.2. The number of hydrogen-bond acceptors (Lipinski definition) is 3. The average molecular weight is 285 g/mol. The smallest absolute Gasteiger partial charge is 0.251 e. The molecule has 1 aliphatic heterocycles. The van der Waals surface area contributed by atoms with Crippen molar-refractivity contribution in [2.75, 3.05) is 13.1 Å². The van der Waals surface area contributed by atoms with Gasteiger partial charge in [0.25, 0.3) is 5.91 Å². The molecule has 0 aliphatic carbocycles. The standard InChI is InChI=1S/C16H19N3O2/c1-11-4-5-13(9-12(11)3-2-8-17)16(21)18-10-14-6-7-15(20)19-14/h4-5,9,14H,6-8,10,17H2,1H3,(H,18,21)(H,19,20). The summed E-state index contributed by atoms with van der Waals surface area (Å²) in [7, 11) is 0. The van der Waals surface area contributed by atoms with Crippen molar-refractivity contribution in [3.63, 3.8) is 0 Å². The van der Waals surface area contributed by atoms with Gasteiger partial charge in [0.15, 0.2) is 0 Å². The van der Waals surface area contributed by atoms with E-state index in [1.165, 1.54) is 0 Å². The molecule has 1 fully saturated rings. The van der Waals surface area contributed by atoms with Gasteiger partial charge in [-0.2, -0.15) is 0 Å². The Morgan fingerprint density at radius 3 is 3.00 bits per heavy atom. The first kappa shape index (κ1) is 15.1. The molecule has 5 heteroatoms. The van der Waals surface area contributed by atoms with Crippen LogP contribution in [0.3, 0.4) is 0 Å². The van der Waals surface area contributed by atoms with E-state index in [2.05, 4.69) is 22.5 Å². The lowest BCUT2D eigenvalue weighted by atomic mass is 10.0. The molecule has 2 amide bonds. The minimum absolute atomic E-state index is 0.0309. The van der Waals surface area contributed by atoms with E-state index in [1.807, 2.05) is 13.0 Å². The molecule has 0 spiro atoms. The van der Waals surface area contributed by atoms with Crippen LogP contribution in [0.5, 0.6) is 0 Å². The Balaban J connectivity index is 2.00.